The second-order valence-corrected chi connectivity index (χ2v) is 6.16. The molecule has 0 heterocycles. The molecule has 0 aliphatic rings. The molecule has 0 aromatic heterocycles. The summed E-state index contributed by atoms with van der Waals surface area (Å²) in [6.45, 7) is 2.45. The average Bonchev–Trinajstić information content (AvgIpc) is 2.66. The smallest absolute Gasteiger partial charge is 0.305 e. The lowest BCUT2D eigenvalue weighted by Gasteiger charge is -2.11. The van der Waals surface area contributed by atoms with E-state index in [1.807, 2.05) is 31.2 Å². The average molecular weight is 372 g/mol. The Bertz CT molecular complexity index is 774. The molecule has 0 fully saturated rings. The van der Waals surface area contributed by atoms with Crippen LogP contribution in [0.1, 0.15) is 31.2 Å². The first kappa shape index (κ1) is 20.2. The number of methoxy groups -OCH3 is 1. The zero-order chi connectivity index (χ0) is 19.6. The molecule has 0 saturated heterocycles. The van der Waals surface area contributed by atoms with E-state index >= 15 is 0 Å². The third-order valence-corrected chi connectivity index (χ3v) is 4.02. The molecule has 144 valence electrons. The molecule has 2 aromatic rings. The summed E-state index contributed by atoms with van der Waals surface area (Å²) in [5, 5.41) is 14.4. The highest BCUT2D eigenvalue weighted by atomic mass is 16.6. The van der Waals surface area contributed by atoms with Gasteiger partial charge in [0.1, 0.15) is 11.4 Å². The van der Waals surface area contributed by atoms with Crippen LogP contribution in [0.5, 0.6) is 5.75 Å². The summed E-state index contributed by atoms with van der Waals surface area (Å²) in [7, 11) is 1.38. The van der Waals surface area contributed by atoms with Crippen LogP contribution < -0.4 is 10.1 Å². The highest BCUT2D eigenvalue weighted by Gasteiger charge is 2.15. The molecule has 7 nitrogen and oxygen atoms in total. The number of nitrogens with zero attached hydrogens (tertiary/aromatic N) is 1. The number of hydrogen-bond donors (Lipinski definition) is 1. The predicted molar refractivity (Wildman–Crippen MR) is 104 cm³/mol. The van der Waals surface area contributed by atoms with Crippen LogP contribution in [0.3, 0.4) is 0 Å². The van der Waals surface area contributed by atoms with Crippen LogP contribution in [0, 0.1) is 17.0 Å². The third kappa shape index (κ3) is 6.62. The highest BCUT2D eigenvalue weighted by Crippen LogP contribution is 2.31. The third-order valence-electron chi connectivity index (χ3n) is 4.02. The molecular weight excluding hydrogens is 348 g/mol. The van der Waals surface area contributed by atoms with Gasteiger partial charge in [-0.15, -0.1) is 0 Å². The molecule has 0 unspecified atom stereocenters. The van der Waals surface area contributed by atoms with Crippen molar-refractivity contribution in [2.45, 2.75) is 32.6 Å². The Balaban J connectivity index is 1.94. The fourth-order valence-electron chi connectivity index (χ4n) is 2.50. The predicted octanol–water partition coefficient (Wildman–Crippen LogP) is 4.76. The van der Waals surface area contributed by atoms with Crippen LogP contribution in [0.15, 0.2) is 42.5 Å². The monoisotopic (exact) mass is 372 g/mol. The van der Waals surface area contributed by atoms with Gasteiger partial charge in [0.15, 0.2) is 0 Å². The van der Waals surface area contributed by atoms with E-state index < -0.39 is 4.92 Å². The standard InChI is InChI=1S/C20H24N2O5/c1-15-7-9-16(10-8-15)21-18-14-17(11-12-19(18)22(24)25)27-13-5-3-4-6-20(23)26-2/h7-12,14,21H,3-6,13H2,1-2H3. The fraction of sp³-hybridized carbons (Fsp3) is 0.350. The molecular formula is C20H24N2O5. The van der Waals surface area contributed by atoms with Gasteiger partial charge in [-0.25, -0.2) is 0 Å². The number of nitrogens with one attached hydrogen (secondary N) is 1. The lowest BCUT2D eigenvalue weighted by atomic mass is 10.2. The van der Waals surface area contributed by atoms with E-state index in [0.29, 0.717) is 24.5 Å². The van der Waals surface area contributed by atoms with Crippen LogP contribution in [0.25, 0.3) is 0 Å². The largest absolute Gasteiger partial charge is 0.494 e. The van der Waals surface area contributed by atoms with Crippen molar-refractivity contribution in [2.24, 2.45) is 0 Å². The molecule has 0 saturated carbocycles. The molecule has 0 radical (unpaired) electrons. The first-order chi connectivity index (χ1) is 13.0. The summed E-state index contributed by atoms with van der Waals surface area (Å²) in [5.74, 6) is 0.348. The zero-order valence-corrected chi connectivity index (χ0v) is 15.6. The van der Waals surface area contributed by atoms with Crippen molar-refractivity contribution in [2.75, 3.05) is 19.0 Å². The van der Waals surface area contributed by atoms with E-state index in [4.69, 9.17) is 4.74 Å². The molecule has 0 spiro atoms. The van der Waals surface area contributed by atoms with E-state index in [9.17, 15) is 14.9 Å². The van der Waals surface area contributed by atoms with Gasteiger partial charge in [-0.05, 0) is 44.4 Å². The lowest BCUT2D eigenvalue weighted by molar-refractivity contribution is -0.383. The number of carbonyl (C=O) groups is 1. The summed E-state index contributed by atoms with van der Waals surface area (Å²) >= 11 is 0. The van der Waals surface area contributed by atoms with Crippen molar-refractivity contribution < 1.29 is 19.2 Å². The first-order valence-corrected chi connectivity index (χ1v) is 8.81. The topological polar surface area (TPSA) is 90.7 Å². The Morgan fingerprint density at radius 1 is 1.11 bits per heavy atom. The molecule has 27 heavy (non-hydrogen) atoms. The molecule has 1 N–H and O–H groups in total. The second-order valence-electron chi connectivity index (χ2n) is 6.16. The van der Waals surface area contributed by atoms with Crippen LogP contribution in [-0.2, 0) is 9.53 Å². The summed E-state index contributed by atoms with van der Waals surface area (Å²) in [6, 6.07) is 12.3. The molecule has 0 aliphatic carbocycles. The first-order valence-electron chi connectivity index (χ1n) is 8.81. The number of benzene rings is 2. The van der Waals surface area contributed by atoms with Gasteiger partial charge in [0.2, 0.25) is 0 Å². The van der Waals surface area contributed by atoms with Gasteiger partial charge in [0, 0.05) is 24.2 Å². The van der Waals surface area contributed by atoms with Gasteiger partial charge in [-0.1, -0.05) is 17.7 Å². The number of ether oxygens (including phenoxy) is 2. The van der Waals surface area contributed by atoms with E-state index in [0.717, 1.165) is 30.5 Å². The normalized spacial score (nSPS) is 10.3. The number of nitro benzene ring substituents is 1. The maximum Gasteiger partial charge on any atom is 0.305 e. The van der Waals surface area contributed by atoms with E-state index in [2.05, 4.69) is 10.1 Å². The molecule has 2 rings (SSSR count). The zero-order valence-electron chi connectivity index (χ0n) is 15.6. The summed E-state index contributed by atoms with van der Waals surface area (Å²) < 4.78 is 10.3. The van der Waals surface area contributed by atoms with E-state index in [1.54, 1.807) is 12.1 Å². The second kappa shape index (κ2) is 10.2. The summed E-state index contributed by atoms with van der Waals surface area (Å²) in [5.41, 5.74) is 2.25. The van der Waals surface area contributed by atoms with Crippen molar-refractivity contribution in [1.29, 1.82) is 0 Å². The number of anilines is 2. The Hall–Kier alpha value is -3.09. The Kier molecular flexibility index (Phi) is 7.61. The van der Waals surface area contributed by atoms with Crippen molar-refractivity contribution >= 4 is 23.0 Å². The summed E-state index contributed by atoms with van der Waals surface area (Å²) in [4.78, 5) is 21.9. The maximum atomic E-state index is 11.3. The van der Waals surface area contributed by atoms with E-state index in [1.165, 1.54) is 13.2 Å². The van der Waals surface area contributed by atoms with Crippen LogP contribution in [-0.4, -0.2) is 24.6 Å². The minimum atomic E-state index is -0.423. The molecule has 0 bridgehead atoms. The number of esters is 1. The van der Waals surface area contributed by atoms with Gasteiger partial charge in [0.05, 0.1) is 18.6 Å². The maximum absolute atomic E-state index is 11.3. The number of rotatable bonds is 10. The van der Waals surface area contributed by atoms with Gasteiger partial charge in [0.25, 0.3) is 5.69 Å². The van der Waals surface area contributed by atoms with Gasteiger partial charge in [-0.2, -0.15) is 0 Å². The van der Waals surface area contributed by atoms with Crippen LogP contribution in [0.2, 0.25) is 0 Å². The van der Waals surface area contributed by atoms with Crippen molar-refractivity contribution in [3.8, 4) is 5.75 Å². The highest BCUT2D eigenvalue weighted by molar-refractivity contribution is 5.71. The fourth-order valence-corrected chi connectivity index (χ4v) is 2.50. The van der Waals surface area contributed by atoms with Crippen molar-refractivity contribution in [3.05, 3.63) is 58.1 Å². The molecule has 0 amide bonds. The Morgan fingerprint density at radius 3 is 2.52 bits per heavy atom. The van der Waals surface area contributed by atoms with Crippen molar-refractivity contribution in [1.82, 2.24) is 0 Å². The lowest BCUT2D eigenvalue weighted by Crippen LogP contribution is -2.02. The van der Waals surface area contributed by atoms with Crippen LogP contribution >= 0.6 is 0 Å². The van der Waals surface area contributed by atoms with Gasteiger partial charge < -0.3 is 14.8 Å². The van der Waals surface area contributed by atoms with Gasteiger partial charge >= 0.3 is 5.97 Å². The number of unbranched alkanes of at least 4 members (excludes halogenated alkanes) is 2. The number of hydrogen-bond acceptors (Lipinski definition) is 6. The Labute approximate surface area is 158 Å². The molecule has 7 heteroatoms. The SMILES string of the molecule is COC(=O)CCCCCOc1ccc([N+](=O)[O-])c(Nc2ccc(C)cc2)c1. The summed E-state index contributed by atoms with van der Waals surface area (Å²) in [6.07, 6.45) is 2.78. The minimum Gasteiger partial charge on any atom is -0.494 e. The number of nitro groups is 1. The molecule has 0 atom stereocenters. The van der Waals surface area contributed by atoms with Gasteiger partial charge in [-0.3, -0.25) is 14.9 Å². The molecule has 0 aliphatic heterocycles. The minimum absolute atomic E-state index is 0.0130. The Morgan fingerprint density at radius 2 is 1.85 bits per heavy atom. The quantitative estimate of drug-likeness (QED) is 0.280. The van der Waals surface area contributed by atoms with E-state index in [-0.39, 0.29) is 11.7 Å². The number of aryl methyl sites for hydroxylation is 1. The number of carbonyl (C=O) groups excluding carboxylic acids is 1. The van der Waals surface area contributed by atoms with Crippen LogP contribution in [0.4, 0.5) is 17.1 Å². The van der Waals surface area contributed by atoms with Crippen molar-refractivity contribution in [3.63, 3.8) is 0 Å². The molecule has 2 aromatic carbocycles.